The van der Waals surface area contributed by atoms with Gasteiger partial charge in [0.1, 0.15) is 24.5 Å². The van der Waals surface area contributed by atoms with Gasteiger partial charge >= 0.3 is 0 Å². The third kappa shape index (κ3) is 2.21. The molecule has 3 aromatic rings. The minimum Gasteiger partial charge on any atom is -0.467 e. The predicted molar refractivity (Wildman–Crippen MR) is 65.6 cm³/mol. The SMILES string of the molecule is Nc1ccc2nc(COCc3ccco3)oc2c1. The Morgan fingerprint density at radius 3 is 3.00 bits per heavy atom. The van der Waals surface area contributed by atoms with Gasteiger partial charge in [0.05, 0.1) is 6.26 Å². The van der Waals surface area contributed by atoms with Crippen LogP contribution in [0.1, 0.15) is 11.7 Å². The van der Waals surface area contributed by atoms with Crippen molar-refractivity contribution < 1.29 is 13.6 Å². The molecule has 0 amide bonds. The summed E-state index contributed by atoms with van der Waals surface area (Å²) in [5.41, 5.74) is 7.77. The van der Waals surface area contributed by atoms with E-state index < -0.39 is 0 Å². The summed E-state index contributed by atoms with van der Waals surface area (Å²) < 4.78 is 16.1. The molecule has 0 atom stereocenters. The van der Waals surface area contributed by atoms with Crippen LogP contribution in [0.3, 0.4) is 0 Å². The summed E-state index contributed by atoms with van der Waals surface area (Å²) in [5.74, 6) is 1.30. The number of furan rings is 1. The van der Waals surface area contributed by atoms with Crippen molar-refractivity contribution in [1.82, 2.24) is 4.98 Å². The average Bonchev–Trinajstić information content (AvgIpc) is 2.97. The van der Waals surface area contributed by atoms with Crippen molar-refractivity contribution >= 4 is 16.8 Å². The van der Waals surface area contributed by atoms with E-state index in [1.807, 2.05) is 18.2 Å². The number of rotatable bonds is 4. The summed E-state index contributed by atoms with van der Waals surface area (Å²) in [5, 5.41) is 0. The van der Waals surface area contributed by atoms with Crippen LogP contribution in [0.25, 0.3) is 11.1 Å². The molecule has 3 rings (SSSR count). The van der Waals surface area contributed by atoms with E-state index in [0.717, 1.165) is 11.3 Å². The van der Waals surface area contributed by atoms with Crippen molar-refractivity contribution in [1.29, 1.82) is 0 Å². The molecule has 0 aliphatic rings. The van der Waals surface area contributed by atoms with Gasteiger partial charge in [-0.1, -0.05) is 0 Å². The van der Waals surface area contributed by atoms with Crippen LogP contribution < -0.4 is 5.73 Å². The van der Waals surface area contributed by atoms with E-state index in [0.29, 0.717) is 30.4 Å². The molecule has 2 heterocycles. The molecule has 92 valence electrons. The fourth-order valence-electron chi connectivity index (χ4n) is 1.68. The van der Waals surface area contributed by atoms with Gasteiger partial charge in [0, 0.05) is 11.8 Å². The number of aromatic nitrogens is 1. The smallest absolute Gasteiger partial charge is 0.221 e. The predicted octanol–water partition coefficient (Wildman–Crippen LogP) is 2.72. The van der Waals surface area contributed by atoms with Crippen LogP contribution in [0.5, 0.6) is 0 Å². The number of fused-ring (bicyclic) bond motifs is 1. The molecule has 0 aliphatic heterocycles. The van der Waals surface area contributed by atoms with E-state index in [2.05, 4.69) is 4.98 Å². The molecule has 1 aromatic carbocycles. The molecule has 0 saturated heterocycles. The van der Waals surface area contributed by atoms with Crippen molar-refractivity contribution in [2.45, 2.75) is 13.2 Å². The Morgan fingerprint density at radius 1 is 1.22 bits per heavy atom. The van der Waals surface area contributed by atoms with Crippen LogP contribution in [0, 0.1) is 0 Å². The Morgan fingerprint density at radius 2 is 2.17 bits per heavy atom. The highest BCUT2D eigenvalue weighted by atomic mass is 16.5. The molecule has 0 unspecified atom stereocenters. The maximum atomic E-state index is 5.67. The monoisotopic (exact) mass is 244 g/mol. The first-order valence-corrected chi connectivity index (χ1v) is 5.56. The summed E-state index contributed by atoms with van der Waals surface area (Å²) in [6.07, 6.45) is 1.61. The highest BCUT2D eigenvalue weighted by Crippen LogP contribution is 2.19. The van der Waals surface area contributed by atoms with Gasteiger partial charge in [-0.3, -0.25) is 0 Å². The topological polar surface area (TPSA) is 74.4 Å². The Hall–Kier alpha value is -2.27. The highest BCUT2D eigenvalue weighted by Gasteiger charge is 2.06. The number of nitrogen functional groups attached to an aromatic ring is 1. The second-order valence-electron chi connectivity index (χ2n) is 3.91. The summed E-state index contributed by atoms with van der Waals surface area (Å²) in [4.78, 5) is 4.29. The molecule has 2 N–H and O–H groups in total. The molecule has 5 heteroatoms. The summed E-state index contributed by atoms with van der Waals surface area (Å²) >= 11 is 0. The van der Waals surface area contributed by atoms with Gasteiger partial charge in [-0.15, -0.1) is 0 Å². The highest BCUT2D eigenvalue weighted by molar-refractivity contribution is 5.76. The number of benzene rings is 1. The fourth-order valence-corrected chi connectivity index (χ4v) is 1.68. The quantitative estimate of drug-likeness (QED) is 0.714. The van der Waals surface area contributed by atoms with Crippen molar-refractivity contribution in [3.05, 3.63) is 48.2 Å². The zero-order chi connectivity index (χ0) is 12.4. The Balaban J connectivity index is 1.67. The van der Waals surface area contributed by atoms with Crippen molar-refractivity contribution in [3.8, 4) is 0 Å². The Kier molecular flexibility index (Phi) is 2.74. The maximum absolute atomic E-state index is 5.67. The largest absolute Gasteiger partial charge is 0.467 e. The first kappa shape index (κ1) is 10.9. The van der Waals surface area contributed by atoms with Gasteiger partial charge in [-0.2, -0.15) is 0 Å². The molecule has 18 heavy (non-hydrogen) atoms. The molecule has 0 fully saturated rings. The standard InChI is InChI=1S/C13H12N2O3/c14-9-3-4-11-12(6-9)18-13(15-11)8-16-7-10-2-1-5-17-10/h1-6H,7-8,14H2. The molecular formula is C13H12N2O3. The summed E-state index contributed by atoms with van der Waals surface area (Å²) in [6.45, 7) is 0.698. The number of hydrogen-bond acceptors (Lipinski definition) is 5. The Labute approximate surface area is 103 Å². The van der Waals surface area contributed by atoms with Crippen LogP contribution in [0.4, 0.5) is 5.69 Å². The zero-order valence-electron chi connectivity index (χ0n) is 9.63. The minimum atomic E-state index is 0.301. The number of ether oxygens (including phenoxy) is 1. The number of anilines is 1. The molecule has 5 nitrogen and oxygen atoms in total. The molecule has 0 saturated carbocycles. The second kappa shape index (κ2) is 4.54. The minimum absolute atomic E-state index is 0.301. The van der Waals surface area contributed by atoms with Gasteiger partial charge < -0.3 is 19.3 Å². The van der Waals surface area contributed by atoms with Gasteiger partial charge in [0.15, 0.2) is 5.58 Å². The normalized spacial score (nSPS) is 11.1. The lowest BCUT2D eigenvalue weighted by molar-refractivity contribution is 0.0783. The Bertz CT molecular complexity index is 643. The number of nitrogens with two attached hydrogens (primary N) is 1. The van der Waals surface area contributed by atoms with Crippen molar-refractivity contribution in [2.24, 2.45) is 0 Å². The van der Waals surface area contributed by atoms with E-state index >= 15 is 0 Å². The average molecular weight is 244 g/mol. The van der Waals surface area contributed by atoms with Crippen LogP contribution in [-0.4, -0.2) is 4.98 Å². The van der Waals surface area contributed by atoms with E-state index in [-0.39, 0.29) is 0 Å². The van der Waals surface area contributed by atoms with E-state index in [9.17, 15) is 0 Å². The lowest BCUT2D eigenvalue weighted by Gasteiger charge is -1.97. The van der Waals surface area contributed by atoms with Crippen LogP contribution in [0.15, 0.2) is 45.4 Å². The summed E-state index contributed by atoms with van der Waals surface area (Å²) in [7, 11) is 0. The number of hydrogen-bond donors (Lipinski definition) is 1. The first-order valence-electron chi connectivity index (χ1n) is 5.56. The van der Waals surface area contributed by atoms with E-state index in [4.69, 9.17) is 19.3 Å². The molecular weight excluding hydrogens is 232 g/mol. The van der Waals surface area contributed by atoms with Gasteiger partial charge in [-0.05, 0) is 24.3 Å². The summed E-state index contributed by atoms with van der Waals surface area (Å²) in [6, 6.07) is 9.04. The van der Waals surface area contributed by atoms with Gasteiger partial charge in [-0.25, -0.2) is 4.98 Å². The zero-order valence-corrected chi connectivity index (χ0v) is 9.63. The van der Waals surface area contributed by atoms with Crippen LogP contribution >= 0.6 is 0 Å². The number of oxazole rings is 1. The van der Waals surface area contributed by atoms with Crippen LogP contribution in [-0.2, 0) is 18.0 Å². The fraction of sp³-hybridized carbons (Fsp3) is 0.154. The third-order valence-electron chi connectivity index (χ3n) is 2.51. The molecule has 0 radical (unpaired) electrons. The van der Waals surface area contributed by atoms with E-state index in [1.165, 1.54) is 0 Å². The molecule has 0 aliphatic carbocycles. The van der Waals surface area contributed by atoms with Crippen molar-refractivity contribution in [3.63, 3.8) is 0 Å². The lowest BCUT2D eigenvalue weighted by Crippen LogP contribution is -1.92. The third-order valence-corrected chi connectivity index (χ3v) is 2.51. The first-order chi connectivity index (χ1) is 8.81. The number of nitrogens with zero attached hydrogens (tertiary/aromatic N) is 1. The lowest BCUT2D eigenvalue weighted by atomic mass is 10.3. The van der Waals surface area contributed by atoms with E-state index in [1.54, 1.807) is 18.4 Å². The van der Waals surface area contributed by atoms with Crippen molar-refractivity contribution in [2.75, 3.05) is 5.73 Å². The molecule has 2 aromatic heterocycles. The van der Waals surface area contributed by atoms with Gasteiger partial charge in [0.2, 0.25) is 5.89 Å². The maximum Gasteiger partial charge on any atom is 0.221 e. The second-order valence-corrected chi connectivity index (χ2v) is 3.91. The molecule has 0 bridgehead atoms. The molecule has 0 spiro atoms. The van der Waals surface area contributed by atoms with Gasteiger partial charge in [0.25, 0.3) is 0 Å². The van der Waals surface area contributed by atoms with Crippen LogP contribution in [0.2, 0.25) is 0 Å².